The summed E-state index contributed by atoms with van der Waals surface area (Å²) in [5.74, 6) is -0.802. The fourth-order valence-electron chi connectivity index (χ4n) is 2.50. The van der Waals surface area contributed by atoms with Crippen LogP contribution >= 0.6 is 15.9 Å². The molecule has 2 rings (SSSR count). The summed E-state index contributed by atoms with van der Waals surface area (Å²) in [4.78, 5) is 12.6. The van der Waals surface area contributed by atoms with Gasteiger partial charge < -0.3 is 14.6 Å². The van der Waals surface area contributed by atoms with E-state index in [1.165, 1.54) is 44.6 Å². The standard InChI is InChI=1S/C19H18BrFO5S/c1-25-18-15(20)7-5-13(17(18)19(23)26-2)11-27(24)16-8-6-14(21)10-12(16)4-3-9-22/h3-8,10,22H,9,11H2,1-2H3/b4-3-. The van der Waals surface area contributed by atoms with Gasteiger partial charge in [0.15, 0.2) is 0 Å². The molecule has 27 heavy (non-hydrogen) atoms. The third-order valence-electron chi connectivity index (χ3n) is 3.70. The van der Waals surface area contributed by atoms with Gasteiger partial charge in [0.2, 0.25) is 0 Å². The van der Waals surface area contributed by atoms with Gasteiger partial charge in [-0.05, 0) is 51.3 Å². The molecule has 1 unspecified atom stereocenters. The van der Waals surface area contributed by atoms with Crippen LogP contribution in [-0.2, 0) is 21.3 Å². The molecule has 0 spiro atoms. The summed E-state index contributed by atoms with van der Waals surface area (Å²) in [7, 11) is 1.09. The van der Waals surface area contributed by atoms with Crippen LogP contribution in [0.3, 0.4) is 0 Å². The van der Waals surface area contributed by atoms with Gasteiger partial charge >= 0.3 is 5.97 Å². The van der Waals surface area contributed by atoms with E-state index in [1.807, 2.05) is 0 Å². The smallest absolute Gasteiger partial charge is 0.342 e. The number of methoxy groups -OCH3 is 2. The Bertz CT molecular complexity index is 898. The number of aliphatic hydroxyl groups excluding tert-OH is 1. The topological polar surface area (TPSA) is 72.8 Å². The van der Waals surface area contributed by atoms with E-state index in [9.17, 15) is 13.4 Å². The number of carbonyl (C=O) groups is 1. The van der Waals surface area contributed by atoms with Gasteiger partial charge in [0.05, 0.1) is 41.9 Å². The van der Waals surface area contributed by atoms with E-state index in [4.69, 9.17) is 14.6 Å². The van der Waals surface area contributed by atoms with Crippen molar-refractivity contribution in [1.82, 2.24) is 0 Å². The Kier molecular flexibility index (Phi) is 7.70. The number of halogens is 2. The first-order chi connectivity index (χ1) is 12.9. The van der Waals surface area contributed by atoms with Gasteiger partial charge in [-0.3, -0.25) is 4.21 Å². The number of esters is 1. The molecule has 8 heteroatoms. The molecule has 2 aromatic carbocycles. The lowest BCUT2D eigenvalue weighted by Crippen LogP contribution is -2.11. The zero-order valence-electron chi connectivity index (χ0n) is 14.7. The van der Waals surface area contributed by atoms with Gasteiger partial charge in [0, 0.05) is 4.90 Å². The fraction of sp³-hybridized carbons (Fsp3) is 0.211. The molecule has 1 N–H and O–H groups in total. The number of hydrogen-bond acceptors (Lipinski definition) is 5. The van der Waals surface area contributed by atoms with Crippen LogP contribution < -0.4 is 4.74 Å². The Morgan fingerprint density at radius 3 is 2.67 bits per heavy atom. The highest BCUT2D eigenvalue weighted by molar-refractivity contribution is 9.10. The van der Waals surface area contributed by atoms with E-state index in [0.29, 0.717) is 20.5 Å². The third kappa shape index (κ3) is 5.03. The van der Waals surface area contributed by atoms with Crippen LogP contribution in [0.4, 0.5) is 4.39 Å². The molecule has 1 atom stereocenters. The van der Waals surface area contributed by atoms with Crippen molar-refractivity contribution in [3.05, 3.63) is 63.4 Å². The van der Waals surface area contributed by atoms with Crippen molar-refractivity contribution < 1.29 is 28.0 Å². The second kappa shape index (κ2) is 9.77. The minimum absolute atomic E-state index is 0.000327. The van der Waals surface area contributed by atoms with Crippen LogP contribution in [0, 0.1) is 5.82 Å². The number of ether oxygens (including phenoxy) is 2. The number of rotatable bonds is 7. The first kappa shape index (κ1) is 21.3. The Morgan fingerprint density at radius 2 is 2.04 bits per heavy atom. The van der Waals surface area contributed by atoms with Crippen molar-refractivity contribution in [3.63, 3.8) is 0 Å². The molecule has 2 aromatic rings. The Balaban J connectivity index is 2.48. The van der Waals surface area contributed by atoms with E-state index in [-0.39, 0.29) is 23.7 Å². The number of carbonyl (C=O) groups excluding carboxylic acids is 1. The minimum atomic E-state index is -1.58. The molecule has 0 aliphatic rings. The Labute approximate surface area is 167 Å². The maximum atomic E-state index is 13.5. The molecule has 0 radical (unpaired) electrons. The zero-order chi connectivity index (χ0) is 20.0. The quantitative estimate of drug-likeness (QED) is 0.643. The van der Waals surface area contributed by atoms with E-state index in [1.54, 1.807) is 12.1 Å². The first-order valence-corrected chi connectivity index (χ1v) is 9.93. The Hall–Kier alpha value is -2.03. The monoisotopic (exact) mass is 456 g/mol. The van der Waals surface area contributed by atoms with Crippen LogP contribution in [0.2, 0.25) is 0 Å². The number of aliphatic hydroxyl groups is 1. The van der Waals surface area contributed by atoms with Gasteiger partial charge in [-0.25, -0.2) is 9.18 Å². The van der Waals surface area contributed by atoms with Gasteiger partial charge in [-0.2, -0.15) is 0 Å². The molecule has 144 valence electrons. The summed E-state index contributed by atoms with van der Waals surface area (Å²) in [6.07, 6.45) is 2.93. The fourth-order valence-corrected chi connectivity index (χ4v) is 4.28. The zero-order valence-corrected chi connectivity index (χ0v) is 17.1. The summed E-state index contributed by atoms with van der Waals surface area (Å²) in [6, 6.07) is 7.23. The lowest BCUT2D eigenvalue weighted by Gasteiger charge is -2.14. The molecule has 0 amide bonds. The summed E-state index contributed by atoms with van der Waals surface area (Å²) in [6.45, 7) is -0.223. The number of benzene rings is 2. The average Bonchev–Trinajstić information content (AvgIpc) is 2.66. The lowest BCUT2D eigenvalue weighted by molar-refractivity contribution is 0.0596. The molecule has 0 bridgehead atoms. The maximum absolute atomic E-state index is 13.5. The molecule has 0 fully saturated rings. The van der Waals surface area contributed by atoms with E-state index in [2.05, 4.69) is 15.9 Å². The maximum Gasteiger partial charge on any atom is 0.342 e. The summed E-state index contributed by atoms with van der Waals surface area (Å²) in [5.41, 5.74) is 1.05. The highest BCUT2D eigenvalue weighted by atomic mass is 79.9. The van der Waals surface area contributed by atoms with Crippen LogP contribution in [0.25, 0.3) is 6.08 Å². The normalized spacial score (nSPS) is 12.2. The molecule has 0 aromatic heterocycles. The molecule has 5 nitrogen and oxygen atoms in total. The Morgan fingerprint density at radius 1 is 1.30 bits per heavy atom. The van der Waals surface area contributed by atoms with Gasteiger partial charge in [-0.15, -0.1) is 0 Å². The van der Waals surface area contributed by atoms with E-state index in [0.717, 1.165) is 0 Å². The molecule has 0 aliphatic carbocycles. The average molecular weight is 457 g/mol. The van der Waals surface area contributed by atoms with Crippen LogP contribution in [-0.4, -0.2) is 36.1 Å². The van der Waals surface area contributed by atoms with Crippen molar-refractivity contribution in [2.45, 2.75) is 10.6 Å². The number of hydrogen-bond donors (Lipinski definition) is 1. The van der Waals surface area contributed by atoms with Crippen LogP contribution in [0.1, 0.15) is 21.5 Å². The first-order valence-electron chi connectivity index (χ1n) is 7.82. The summed E-state index contributed by atoms with van der Waals surface area (Å²) >= 11 is 3.32. The van der Waals surface area contributed by atoms with E-state index < -0.39 is 22.6 Å². The molecular formula is C19H18BrFO5S. The lowest BCUT2D eigenvalue weighted by atomic mass is 10.1. The highest BCUT2D eigenvalue weighted by Crippen LogP contribution is 2.33. The van der Waals surface area contributed by atoms with Gasteiger partial charge in [-0.1, -0.05) is 18.2 Å². The third-order valence-corrected chi connectivity index (χ3v) is 5.76. The highest BCUT2D eigenvalue weighted by Gasteiger charge is 2.22. The second-order valence-corrected chi connectivity index (χ2v) is 7.64. The molecule has 0 saturated heterocycles. The molecule has 0 aliphatic heterocycles. The van der Waals surface area contributed by atoms with Crippen molar-refractivity contribution in [2.75, 3.05) is 20.8 Å². The van der Waals surface area contributed by atoms with Crippen molar-refractivity contribution in [1.29, 1.82) is 0 Å². The minimum Gasteiger partial charge on any atom is -0.495 e. The largest absolute Gasteiger partial charge is 0.495 e. The van der Waals surface area contributed by atoms with Crippen LogP contribution in [0.15, 0.2) is 45.8 Å². The molecule has 0 heterocycles. The SMILES string of the molecule is COC(=O)c1c(CS(=O)c2ccc(F)cc2/C=C\CO)ccc(Br)c1OC. The van der Waals surface area contributed by atoms with E-state index >= 15 is 0 Å². The van der Waals surface area contributed by atoms with Gasteiger partial charge in [0.25, 0.3) is 0 Å². The van der Waals surface area contributed by atoms with Crippen molar-refractivity contribution in [2.24, 2.45) is 0 Å². The molecular weight excluding hydrogens is 439 g/mol. The molecule has 0 saturated carbocycles. The summed E-state index contributed by atoms with van der Waals surface area (Å²) < 4.78 is 37.2. The van der Waals surface area contributed by atoms with Crippen LogP contribution in [0.5, 0.6) is 5.75 Å². The van der Waals surface area contributed by atoms with Crippen molar-refractivity contribution >= 4 is 38.8 Å². The second-order valence-electron chi connectivity index (χ2n) is 5.36. The predicted molar refractivity (Wildman–Crippen MR) is 105 cm³/mol. The predicted octanol–water partition coefficient (Wildman–Crippen LogP) is 3.70. The summed E-state index contributed by atoms with van der Waals surface area (Å²) in [5, 5.41) is 8.94. The van der Waals surface area contributed by atoms with Crippen molar-refractivity contribution in [3.8, 4) is 5.75 Å². The van der Waals surface area contributed by atoms with Gasteiger partial charge in [0.1, 0.15) is 17.1 Å².